The Bertz CT molecular complexity index is 4270. The van der Waals surface area contributed by atoms with Crippen LogP contribution in [0.5, 0.6) is 0 Å². The Kier molecular flexibility index (Phi) is 21.8. The Morgan fingerprint density at radius 3 is 1.39 bits per heavy atom. The Labute approximate surface area is 525 Å². The van der Waals surface area contributed by atoms with E-state index in [1.807, 2.05) is 0 Å². The summed E-state index contributed by atoms with van der Waals surface area (Å²) in [4.78, 5) is 113. The summed E-state index contributed by atoms with van der Waals surface area (Å²) in [5.74, 6) is -2.67. The average Bonchev–Trinajstić information content (AvgIpc) is 2.89. The maximum atomic E-state index is 13.1. The van der Waals surface area contributed by atoms with Crippen molar-refractivity contribution < 1.29 is 67.3 Å². The number of halogens is 4. The number of thiophene rings is 2. The molecule has 5 aromatic carbocycles. The van der Waals surface area contributed by atoms with Gasteiger partial charge in [-0.3, -0.25) is 29.4 Å². The van der Waals surface area contributed by atoms with Crippen molar-refractivity contribution in [2.75, 3.05) is 27.0 Å². The lowest BCUT2D eigenvalue weighted by atomic mass is 10.1. The molecule has 0 aliphatic rings. The first-order chi connectivity index (χ1) is 38.8. The average molecular weight is 1380 g/mol. The van der Waals surface area contributed by atoms with Gasteiger partial charge in [0.15, 0.2) is 26.7 Å². The second-order valence-corrected chi connectivity index (χ2v) is 29.0. The number of carboxylic acid groups (broad SMARTS) is 1. The molecule has 0 saturated carbocycles. The van der Waals surface area contributed by atoms with Crippen LogP contribution in [0.15, 0.2) is 102 Å². The van der Waals surface area contributed by atoms with Crippen LogP contribution in [0.1, 0.15) is 74.3 Å². The van der Waals surface area contributed by atoms with Crippen molar-refractivity contribution in [1.82, 2.24) is 15.0 Å². The first kappa shape index (κ1) is 68.0. The summed E-state index contributed by atoms with van der Waals surface area (Å²) < 4.78 is 38.7. The topological polar surface area (TPSA) is 352 Å². The third kappa shape index (κ3) is 17.8. The van der Waals surface area contributed by atoms with Gasteiger partial charge in [-0.1, -0.05) is 57.2 Å². The third-order valence-corrected chi connectivity index (χ3v) is 18.6. The van der Waals surface area contributed by atoms with Gasteiger partial charge in [-0.25, -0.2) is 29.3 Å². The van der Waals surface area contributed by atoms with Crippen LogP contribution in [0.3, 0.4) is 0 Å². The maximum absolute atomic E-state index is 13.1. The molecule has 0 bridgehead atoms. The summed E-state index contributed by atoms with van der Waals surface area (Å²) in [5.41, 5.74) is 4.08. The molecular weight excluding hydrogens is 1320 g/mol. The molecule has 4 amide bonds. The van der Waals surface area contributed by atoms with Gasteiger partial charge in [0, 0.05) is 30.8 Å². The number of carboxylic acids is 1. The van der Waals surface area contributed by atoms with Crippen LogP contribution in [0.2, 0.25) is 10.0 Å². The largest absolute Gasteiger partial charge is 0.478 e. The molecule has 0 spiro atoms. The summed E-state index contributed by atoms with van der Waals surface area (Å²) >= 11 is 18.4. The van der Waals surface area contributed by atoms with Crippen LogP contribution in [0, 0.1) is 0 Å². The molecule has 85 heavy (non-hydrogen) atoms. The number of nitrogens with two attached hydrogens (primary N) is 1. The standard InChI is InChI=1S/C22H21ClN3O6PS2.C17H13ClN3O4PS2.C13H14N2O4S.2ClH/c1-22(2,3)32-21(28)26-20-25-15-9-12(5-7-17(15)35-20)24-19(27)18(33(29,30)31)14-10-34-16-6-4-11(23)8-13(14)16;18-8-1-3-13-10(5-8)11(7-27-13)15(26(23,24)25)16(22)20-9-2-4-14-12(6-9)21-17(19)28-14;1-13(2,3)19-12(18)15-11-14-8-5-4-7(10(16)17)6-9(8)20-11;;/h4-10,18H,1-3H3,(H,24,27)(H,25,26,28)(H2,29,30,31);1-7,15H,(H2,19,21)(H,20,22)(H2,23,24,25);4-6H,1-3H3,(H,16,17)(H,14,15,18);2*1H. The van der Waals surface area contributed by atoms with Crippen molar-refractivity contribution in [3.8, 4) is 0 Å². The quantitative estimate of drug-likeness (QED) is 0.0538. The fraction of sp³-hybridized carbons (Fsp3) is 0.192. The number of nitrogens with zero attached hydrogens (tertiary/aromatic N) is 3. The van der Waals surface area contributed by atoms with Crippen LogP contribution in [-0.2, 0) is 28.2 Å². The molecule has 0 saturated heterocycles. The monoisotopic (exact) mass is 1370 g/mol. The number of carbonyl (C=O) groups is 5. The number of nitrogens with one attached hydrogen (secondary N) is 4. The summed E-state index contributed by atoms with van der Waals surface area (Å²) in [6.45, 7) is 10.5. The predicted octanol–water partition coefficient (Wildman–Crippen LogP) is 15.2. The zero-order chi connectivity index (χ0) is 60.5. The van der Waals surface area contributed by atoms with Crippen LogP contribution >= 0.6 is 120 Å². The number of hydrogen-bond donors (Lipinski definition) is 10. The predicted molar refractivity (Wildman–Crippen MR) is 345 cm³/mol. The molecule has 10 rings (SSSR count). The Morgan fingerprint density at radius 2 is 0.953 bits per heavy atom. The molecule has 22 nitrogen and oxygen atoms in total. The van der Waals surface area contributed by atoms with E-state index in [2.05, 4.69) is 36.2 Å². The molecule has 450 valence electrons. The molecule has 0 aliphatic carbocycles. The van der Waals surface area contributed by atoms with Crippen molar-refractivity contribution in [2.24, 2.45) is 0 Å². The van der Waals surface area contributed by atoms with Gasteiger partial charge in [-0.2, -0.15) is 0 Å². The molecule has 5 heterocycles. The number of ether oxygens (including phenoxy) is 2. The minimum absolute atomic E-state index is 0. The number of carbonyl (C=O) groups excluding carboxylic acids is 4. The van der Waals surface area contributed by atoms with E-state index in [9.17, 15) is 52.7 Å². The molecule has 0 fully saturated rings. The Hall–Kier alpha value is -6.10. The van der Waals surface area contributed by atoms with Crippen molar-refractivity contribution in [3.05, 3.63) is 128 Å². The Morgan fingerprint density at radius 1 is 0.541 bits per heavy atom. The molecule has 11 N–H and O–H groups in total. The first-order valence-electron chi connectivity index (χ1n) is 24.0. The number of rotatable bonds is 11. The van der Waals surface area contributed by atoms with Crippen molar-refractivity contribution >= 4 is 227 Å². The number of anilines is 5. The van der Waals surface area contributed by atoms with E-state index < -0.39 is 67.7 Å². The number of amides is 4. The van der Waals surface area contributed by atoms with E-state index in [-0.39, 0.29) is 41.5 Å². The Balaban J connectivity index is 0.000000209. The SMILES string of the molecule is CC(C)(C)OC(=O)Nc1nc2cc(NC(=O)C(c3csc4ccc(Cl)cc34)P(=O)(O)O)ccc2s1.CC(C)(C)OC(=O)Nc1nc2ccc(C(=O)O)cc2s1.Cl.Cl.Nc1nc2cc(NC(=O)C(c3csc4ccc(Cl)cc34)P(=O)(O)O)ccc2s1. The highest BCUT2D eigenvalue weighted by Crippen LogP contribution is 2.56. The number of aromatic carboxylic acids is 1. The van der Waals surface area contributed by atoms with Crippen LogP contribution < -0.4 is 27.0 Å². The third-order valence-electron chi connectivity index (χ3n) is 11.1. The van der Waals surface area contributed by atoms with Gasteiger partial charge in [0.05, 0.1) is 36.2 Å². The van der Waals surface area contributed by atoms with Crippen LogP contribution in [-0.4, -0.2) is 80.8 Å². The molecule has 2 atom stereocenters. The fourth-order valence-electron chi connectivity index (χ4n) is 7.81. The van der Waals surface area contributed by atoms with Gasteiger partial charge in [0.2, 0.25) is 11.8 Å². The van der Waals surface area contributed by atoms with E-state index in [4.69, 9.17) is 43.5 Å². The number of benzene rings is 5. The number of aromatic nitrogens is 3. The fourth-order valence-corrected chi connectivity index (χ4v) is 14.6. The van der Waals surface area contributed by atoms with Gasteiger partial charge in [-0.15, -0.1) is 47.5 Å². The second kappa shape index (κ2) is 27.3. The highest BCUT2D eigenvalue weighted by atomic mass is 35.5. The lowest BCUT2D eigenvalue weighted by molar-refractivity contribution is -0.117. The minimum atomic E-state index is -4.88. The maximum Gasteiger partial charge on any atom is 0.413 e. The summed E-state index contributed by atoms with van der Waals surface area (Å²) in [7, 11) is -9.68. The lowest BCUT2D eigenvalue weighted by Gasteiger charge is -2.18. The van der Waals surface area contributed by atoms with Crippen molar-refractivity contribution in [1.29, 1.82) is 0 Å². The smallest absolute Gasteiger partial charge is 0.413 e. The minimum Gasteiger partial charge on any atom is -0.478 e. The molecule has 0 radical (unpaired) electrons. The van der Waals surface area contributed by atoms with E-state index in [1.165, 1.54) is 68.8 Å². The molecule has 5 aromatic heterocycles. The summed E-state index contributed by atoms with van der Waals surface area (Å²) in [5, 5.41) is 25.3. The van der Waals surface area contributed by atoms with E-state index in [0.717, 1.165) is 18.8 Å². The summed E-state index contributed by atoms with van der Waals surface area (Å²) in [6.07, 6.45) is -1.23. The molecule has 2 unspecified atom stereocenters. The zero-order valence-electron chi connectivity index (χ0n) is 44.8. The van der Waals surface area contributed by atoms with Crippen molar-refractivity contribution in [2.45, 2.75) is 64.1 Å². The second-order valence-electron chi connectivity index (χ2n) is 19.8. The van der Waals surface area contributed by atoms with Crippen LogP contribution in [0.25, 0.3) is 50.8 Å². The highest BCUT2D eigenvalue weighted by molar-refractivity contribution is 7.53. The van der Waals surface area contributed by atoms with Gasteiger partial charge in [-0.05, 0) is 165 Å². The van der Waals surface area contributed by atoms with Crippen LogP contribution in [0.4, 0.5) is 36.4 Å². The van der Waals surface area contributed by atoms with Gasteiger partial charge < -0.3 is 50.5 Å². The van der Waals surface area contributed by atoms with Crippen molar-refractivity contribution in [3.63, 3.8) is 0 Å². The summed E-state index contributed by atoms with van der Waals surface area (Å²) in [6, 6.07) is 24.5. The van der Waals surface area contributed by atoms with E-state index in [0.29, 0.717) is 68.8 Å². The number of nitrogen functional groups attached to an aromatic ring is 1. The van der Waals surface area contributed by atoms with E-state index in [1.54, 1.807) is 131 Å². The number of thiazole rings is 3. The molecule has 33 heteroatoms. The number of fused-ring (bicyclic) bond motifs is 5. The highest BCUT2D eigenvalue weighted by Gasteiger charge is 2.40. The van der Waals surface area contributed by atoms with Gasteiger partial charge >= 0.3 is 33.3 Å². The van der Waals surface area contributed by atoms with Gasteiger partial charge in [0.1, 0.15) is 11.2 Å². The normalized spacial score (nSPS) is 12.4. The molecular formula is C52H50Cl4N8O14P2S5. The van der Waals surface area contributed by atoms with Gasteiger partial charge in [0.25, 0.3) is 0 Å². The number of hydrogen-bond acceptors (Lipinski definition) is 18. The van der Waals surface area contributed by atoms with E-state index >= 15 is 0 Å². The lowest BCUT2D eigenvalue weighted by Crippen LogP contribution is -2.27. The first-order valence-corrected chi connectivity index (χ1v) is 32.4. The molecule has 0 aliphatic heterocycles. The molecule has 10 aromatic rings. The zero-order valence-corrected chi connectivity index (χ0v) is 53.8.